The van der Waals surface area contributed by atoms with Crippen LogP contribution in [0, 0.1) is 0 Å². The fourth-order valence-electron chi connectivity index (χ4n) is 8.10. The van der Waals surface area contributed by atoms with Crippen molar-refractivity contribution in [3.05, 3.63) is 194 Å². The van der Waals surface area contributed by atoms with Crippen LogP contribution in [-0.4, -0.2) is 19.5 Å². The molecule has 0 radical (unpaired) electrons. The molecule has 0 fully saturated rings. The minimum atomic E-state index is 0.622. The molecule has 3 aromatic heterocycles. The number of para-hydroxylation sites is 2. The van der Waals surface area contributed by atoms with Crippen molar-refractivity contribution in [1.29, 1.82) is 0 Å². The molecule has 0 spiro atoms. The Morgan fingerprint density at radius 1 is 0.357 bits per heavy atom. The summed E-state index contributed by atoms with van der Waals surface area (Å²) in [6.45, 7) is 0. The van der Waals surface area contributed by atoms with E-state index in [1.165, 1.54) is 42.1 Å². The SMILES string of the molecule is c1ccc(-c2nc(-c3ccc(-c4ccccc4)c(-n4c5ccccc5c5cccc(-c6ccccc6)c54)c3)nc(-c3cccc4c3sc3ccccc34)n2)cc1. The van der Waals surface area contributed by atoms with Gasteiger partial charge in [-0.2, -0.15) is 0 Å². The lowest BCUT2D eigenvalue weighted by Crippen LogP contribution is -2.02. The van der Waals surface area contributed by atoms with Crippen molar-refractivity contribution in [2.45, 2.75) is 0 Å². The molecule has 0 unspecified atom stereocenters. The molecular formula is C51H32N4S. The van der Waals surface area contributed by atoms with Gasteiger partial charge in [-0.25, -0.2) is 15.0 Å². The van der Waals surface area contributed by atoms with Crippen molar-refractivity contribution in [2.24, 2.45) is 0 Å². The van der Waals surface area contributed by atoms with Gasteiger partial charge in [-0.3, -0.25) is 0 Å². The second-order valence-electron chi connectivity index (χ2n) is 14.0. The second kappa shape index (κ2) is 13.3. The fourth-order valence-corrected chi connectivity index (χ4v) is 9.31. The highest BCUT2D eigenvalue weighted by Gasteiger charge is 2.21. The summed E-state index contributed by atoms with van der Waals surface area (Å²) in [6, 6.07) is 68.6. The van der Waals surface area contributed by atoms with Crippen molar-refractivity contribution in [1.82, 2.24) is 19.5 Å². The van der Waals surface area contributed by atoms with Gasteiger partial charge >= 0.3 is 0 Å². The van der Waals surface area contributed by atoms with Gasteiger partial charge in [-0.05, 0) is 35.4 Å². The minimum Gasteiger partial charge on any atom is -0.308 e. The first-order valence-corrected chi connectivity index (χ1v) is 19.6. The summed E-state index contributed by atoms with van der Waals surface area (Å²) < 4.78 is 4.86. The topological polar surface area (TPSA) is 43.6 Å². The van der Waals surface area contributed by atoms with Gasteiger partial charge in [0.1, 0.15) is 0 Å². The van der Waals surface area contributed by atoms with Crippen LogP contribution in [0.5, 0.6) is 0 Å². The zero-order valence-electron chi connectivity index (χ0n) is 30.2. The minimum absolute atomic E-state index is 0.622. The molecule has 0 aliphatic carbocycles. The standard InChI is InChI=1S/C51H32N4S/c1-4-16-33(17-5-1)37-31-30-36(32-45(37)55-44-28-12-10-22-39(44)41-25-14-24-38(47(41)55)34-18-6-2-7-19-34)50-52-49(35-20-8-3-9-21-35)53-51(54-50)43-27-15-26-42-40-23-11-13-29-46(40)56-48(42)43/h1-32H. The van der Waals surface area contributed by atoms with Crippen LogP contribution in [-0.2, 0) is 0 Å². The van der Waals surface area contributed by atoms with E-state index in [0.29, 0.717) is 17.5 Å². The maximum absolute atomic E-state index is 5.31. The number of hydrogen-bond acceptors (Lipinski definition) is 4. The second-order valence-corrected chi connectivity index (χ2v) is 15.0. The Balaban J connectivity index is 1.20. The third-order valence-corrected chi connectivity index (χ3v) is 11.9. The van der Waals surface area contributed by atoms with Crippen molar-refractivity contribution >= 4 is 53.3 Å². The molecule has 56 heavy (non-hydrogen) atoms. The van der Waals surface area contributed by atoms with E-state index in [1.54, 1.807) is 11.3 Å². The smallest absolute Gasteiger partial charge is 0.165 e. The van der Waals surface area contributed by atoms with Crippen LogP contribution in [0.25, 0.3) is 104 Å². The number of aromatic nitrogens is 4. The van der Waals surface area contributed by atoms with Crippen LogP contribution in [0.4, 0.5) is 0 Å². The summed E-state index contributed by atoms with van der Waals surface area (Å²) in [5, 5.41) is 4.86. The maximum Gasteiger partial charge on any atom is 0.165 e. The zero-order chi connectivity index (χ0) is 37.0. The molecule has 8 aromatic carbocycles. The Bertz CT molecular complexity index is 3240. The summed E-state index contributed by atoms with van der Waals surface area (Å²) in [4.78, 5) is 15.7. The molecule has 0 amide bonds. The Labute approximate surface area is 327 Å². The van der Waals surface area contributed by atoms with E-state index in [-0.39, 0.29) is 0 Å². The molecule has 262 valence electrons. The van der Waals surface area contributed by atoms with E-state index in [9.17, 15) is 0 Å². The van der Waals surface area contributed by atoms with E-state index < -0.39 is 0 Å². The first-order valence-electron chi connectivity index (χ1n) is 18.8. The molecule has 0 aliphatic heterocycles. The normalized spacial score (nSPS) is 11.6. The molecule has 5 heteroatoms. The number of benzene rings is 8. The summed E-state index contributed by atoms with van der Waals surface area (Å²) in [5.74, 6) is 1.92. The van der Waals surface area contributed by atoms with Gasteiger partial charge < -0.3 is 4.57 Å². The fraction of sp³-hybridized carbons (Fsp3) is 0. The number of nitrogens with zero attached hydrogens (tertiary/aromatic N) is 4. The number of rotatable bonds is 6. The Hall–Kier alpha value is -7.21. The van der Waals surface area contributed by atoms with Crippen molar-refractivity contribution in [3.8, 4) is 62.1 Å². The Morgan fingerprint density at radius 3 is 1.66 bits per heavy atom. The van der Waals surface area contributed by atoms with Gasteiger partial charge in [0, 0.05) is 58.8 Å². The first kappa shape index (κ1) is 32.2. The monoisotopic (exact) mass is 732 g/mol. The van der Waals surface area contributed by atoms with E-state index in [0.717, 1.165) is 44.5 Å². The predicted molar refractivity (Wildman–Crippen MR) is 234 cm³/mol. The summed E-state index contributed by atoms with van der Waals surface area (Å²) >= 11 is 1.78. The van der Waals surface area contributed by atoms with Crippen LogP contribution in [0.15, 0.2) is 194 Å². The predicted octanol–water partition coefficient (Wildman–Crippen LogP) is 13.7. The molecule has 0 saturated heterocycles. The molecular weight excluding hydrogens is 701 g/mol. The van der Waals surface area contributed by atoms with E-state index >= 15 is 0 Å². The van der Waals surface area contributed by atoms with Crippen LogP contribution < -0.4 is 0 Å². The molecule has 3 heterocycles. The summed E-state index contributed by atoms with van der Waals surface area (Å²) in [5.41, 5.74) is 10.8. The highest BCUT2D eigenvalue weighted by Crippen LogP contribution is 2.43. The molecule has 0 saturated carbocycles. The molecule has 0 aliphatic rings. The van der Waals surface area contributed by atoms with Gasteiger partial charge in [0.25, 0.3) is 0 Å². The van der Waals surface area contributed by atoms with Gasteiger partial charge in [0.2, 0.25) is 0 Å². The molecule has 0 N–H and O–H groups in total. The molecule has 11 rings (SSSR count). The molecule has 11 aromatic rings. The van der Waals surface area contributed by atoms with Crippen LogP contribution in [0.2, 0.25) is 0 Å². The van der Waals surface area contributed by atoms with Gasteiger partial charge in [-0.1, -0.05) is 170 Å². The molecule has 4 nitrogen and oxygen atoms in total. The Kier molecular flexibility index (Phi) is 7.64. The van der Waals surface area contributed by atoms with E-state index in [1.807, 2.05) is 18.2 Å². The van der Waals surface area contributed by atoms with Crippen LogP contribution in [0.1, 0.15) is 0 Å². The highest BCUT2D eigenvalue weighted by atomic mass is 32.1. The van der Waals surface area contributed by atoms with Gasteiger partial charge in [0.15, 0.2) is 17.5 Å². The largest absolute Gasteiger partial charge is 0.308 e. The summed E-state index contributed by atoms with van der Waals surface area (Å²) in [7, 11) is 0. The summed E-state index contributed by atoms with van der Waals surface area (Å²) in [6.07, 6.45) is 0. The number of fused-ring (bicyclic) bond motifs is 6. The maximum atomic E-state index is 5.31. The molecule has 0 atom stereocenters. The van der Waals surface area contributed by atoms with Crippen molar-refractivity contribution in [2.75, 3.05) is 0 Å². The lowest BCUT2D eigenvalue weighted by Gasteiger charge is -2.18. The van der Waals surface area contributed by atoms with Crippen LogP contribution >= 0.6 is 11.3 Å². The average Bonchev–Trinajstić information content (AvgIpc) is 3.83. The third-order valence-electron chi connectivity index (χ3n) is 10.7. The average molecular weight is 733 g/mol. The van der Waals surface area contributed by atoms with Crippen molar-refractivity contribution < 1.29 is 0 Å². The van der Waals surface area contributed by atoms with Crippen molar-refractivity contribution in [3.63, 3.8) is 0 Å². The van der Waals surface area contributed by atoms with E-state index in [2.05, 4.69) is 180 Å². The van der Waals surface area contributed by atoms with Gasteiger partial charge in [-0.15, -0.1) is 11.3 Å². The highest BCUT2D eigenvalue weighted by molar-refractivity contribution is 7.26. The number of hydrogen-bond donors (Lipinski definition) is 0. The van der Waals surface area contributed by atoms with E-state index in [4.69, 9.17) is 15.0 Å². The lowest BCUT2D eigenvalue weighted by atomic mass is 9.99. The quantitative estimate of drug-likeness (QED) is 0.171. The zero-order valence-corrected chi connectivity index (χ0v) is 31.0. The third kappa shape index (κ3) is 5.32. The first-order chi connectivity index (χ1) is 27.8. The lowest BCUT2D eigenvalue weighted by molar-refractivity contribution is 1.07. The van der Waals surface area contributed by atoms with Gasteiger partial charge in [0.05, 0.1) is 16.7 Å². The number of thiophene rings is 1. The van der Waals surface area contributed by atoms with Crippen LogP contribution in [0.3, 0.4) is 0 Å². The molecule has 0 bridgehead atoms. The Morgan fingerprint density at radius 2 is 0.911 bits per heavy atom.